The topological polar surface area (TPSA) is 409 Å². The minimum absolute atomic E-state index is 0. The number of terminal acetylenes is 1. The van der Waals surface area contributed by atoms with Gasteiger partial charge in [-0.15, -0.1) is 24.4 Å². The van der Waals surface area contributed by atoms with Crippen LogP contribution in [0, 0.1) is 95.3 Å². The molecule has 6 aromatic rings. The maximum Gasteiger partial charge on any atom is 1.00 e. The first kappa shape index (κ1) is 117. The van der Waals surface area contributed by atoms with Gasteiger partial charge < -0.3 is 83.1 Å². The normalized spacial score (nSPS) is 23.8. The zero-order chi connectivity index (χ0) is 106. The fourth-order valence-corrected chi connectivity index (χ4v) is 19.4. The number of carbonyl (C=O) groups is 12. The Labute approximate surface area is 871 Å². The van der Waals surface area contributed by atoms with Crippen LogP contribution in [0.2, 0.25) is 0 Å². The fourth-order valence-electron chi connectivity index (χ4n) is 19.4. The van der Waals surface area contributed by atoms with Crippen LogP contribution in [0.1, 0.15) is 245 Å². The number of aliphatic hydroxyl groups is 4. The molecule has 5 N–H and O–H groups in total. The fraction of sp³-hybridized carbons (Fsp3) is 0.477. The molecule has 6 aromatic carbocycles. The van der Waals surface area contributed by atoms with Crippen molar-refractivity contribution < 1.29 is 175 Å². The zero-order valence-corrected chi connectivity index (χ0v) is 86.0. The molecule has 0 aromatic heterocycles. The number of halogens is 5. The first-order valence-electron chi connectivity index (χ1n) is 49.3. The molecule has 0 radical (unpaired) electrons. The summed E-state index contributed by atoms with van der Waals surface area (Å²) < 4.78 is 106. The van der Waals surface area contributed by atoms with E-state index in [1.807, 2.05) is 52.0 Å². The van der Waals surface area contributed by atoms with E-state index in [4.69, 9.17) is 44.4 Å². The number of allylic oxidation sites excluding steroid dienone is 4. The van der Waals surface area contributed by atoms with Gasteiger partial charge in [-0.25, -0.2) is 17.6 Å². The van der Waals surface area contributed by atoms with Gasteiger partial charge in [0.25, 0.3) is 0 Å². The number of amides is 2. The molecule has 0 bridgehead atoms. The number of hydrogen-bond acceptors (Lipinski definition) is 25. The van der Waals surface area contributed by atoms with Gasteiger partial charge in [0, 0.05) is 101 Å². The molecule has 3 fully saturated rings. The smallest absolute Gasteiger partial charge is 0.550 e. The van der Waals surface area contributed by atoms with Gasteiger partial charge >= 0.3 is 83.3 Å². The number of carbonyl (C=O) groups excluding carboxylic acids is 11. The van der Waals surface area contributed by atoms with Gasteiger partial charge in [0.15, 0.2) is 0 Å². The molecule has 2 amide bonds. The van der Waals surface area contributed by atoms with Crippen LogP contribution in [-0.4, -0.2) is 152 Å². The van der Waals surface area contributed by atoms with Crippen molar-refractivity contribution >= 4 is 94.5 Å². The predicted octanol–water partition coefficient (Wildman–Crippen LogP) is 14.4. The number of rotatable bonds is 41. The van der Waals surface area contributed by atoms with Crippen LogP contribution < -0.4 is 53.9 Å². The molecule has 7 aliphatic rings. The summed E-state index contributed by atoms with van der Waals surface area (Å²) in [7, 11) is 0. The van der Waals surface area contributed by atoms with Crippen molar-refractivity contribution in [3.05, 3.63) is 239 Å². The summed E-state index contributed by atoms with van der Waals surface area (Å²) in [4.78, 5) is 151. The number of aliphatic carboxylic acids is 2. The van der Waals surface area contributed by atoms with Gasteiger partial charge in [0.05, 0.1) is 66.6 Å². The number of alkyl halides is 1. The van der Waals surface area contributed by atoms with Gasteiger partial charge in [-0.05, 0) is 244 Å². The van der Waals surface area contributed by atoms with Gasteiger partial charge in [0.2, 0.25) is 11.8 Å². The molecular formula is C111H130ClF4N2NaO26. The number of cyclic esters (lactones) is 1. The van der Waals surface area contributed by atoms with E-state index in [1.165, 1.54) is 124 Å². The minimum Gasteiger partial charge on any atom is -0.550 e. The van der Waals surface area contributed by atoms with E-state index in [9.17, 15) is 101 Å². The van der Waals surface area contributed by atoms with Crippen LogP contribution in [0.4, 0.5) is 28.9 Å². The molecule has 3 saturated heterocycles. The maximum atomic E-state index is 13.9. The molecule has 13 rings (SSSR count). The number of anilines is 2. The predicted molar refractivity (Wildman–Crippen MR) is 522 cm³/mol. The molecule has 0 saturated carbocycles. The van der Waals surface area contributed by atoms with Crippen LogP contribution in [0.15, 0.2) is 193 Å². The van der Waals surface area contributed by atoms with E-state index in [0.717, 1.165) is 22.3 Å². The van der Waals surface area contributed by atoms with E-state index in [0.29, 0.717) is 93.1 Å². The van der Waals surface area contributed by atoms with Gasteiger partial charge in [0.1, 0.15) is 72.8 Å². The molecule has 34 heteroatoms. The van der Waals surface area contributed by atoms with Crippen molar-refractivity contribution in [2.75, 3.05) is 16.2 Å². The van der Waals surface area contributed by atoms with E-state index in [1.54, 1.807) is 58.3 Å². The van der Waals surface area contributed by atoms with Gasteiger partial charge in [-0.2, -0.15) is 0 Å². The quantitative estimate of drug-likeness (QED) is 0.00348. The third kappa shape index (κ3) is 34.7. The number of hydrogen-bond donors (Lipinski definition) is 5. The number of carboxylic acid groups (broad SMARTS) is 2. The average molecular weight is 2040 g/mol. The maximum absolute atomic E-state index is 13.9. The van der Waals surface area contributed by atoms with Gasteiger partial charge in [-0.1, -0.05) is 120 Å². The summed E-state index contributed by atoms with van der Waals surface area (Å²) in [6, 6.07) is 34.8. The SMILES string of the molecule is CC(=O)OC(CCC1C(=O)N(c2ccc(F)cc2)C1c1ccc(OC(=O)CCCC(=O)O)cc1)c1ccc(F)cc1.CCC(C)C(=O)OC1CC(O)C=C2C=CC(C)C(CCC(O)CC(O)CC(=O)[O-])C21.CCC(C)C(=O)OC1CC(OC(=O)CCCC(=O)Oc2ccc(C3C(CCC(OC(C)=O)c4ccc(F)cc4)C(=O)N3c3ccc(F)cc3)cc2)C=C2C=CC(C)C(CCC3CC(O)CC(=O)O3)C21.CCl.[2H]C#C.[Na+]. The van der Waals surface area contributed by atoms with Crippen LogP contribution in [0.3, 0.4) is 0 Å². The van der Waals surface area contributed by atoms with Crippen molar-refractivity contribution in [3.63, 3.8) is 0 Å². The number of nitrogens with zero attached hydrogens (tertiary/aromatic N) is 2. The van der Waals surface area contributed by atoms with Crippen molar-refractivity contribution in [1.82, 2.24) is 0 Å². The molecule has 22 atom stereocenters. The van der Waals surface area contributed by atoms with Crippen LogP contribution in [0.5, 0.6) is 11.5 Å². The number of esters is 8. The molecular weight excluding hydrogens is 1910 g/mol. The third-order valence-electron chi connectivity index (χ3n) is 27.1. The van der Waals surface area contributed by atoms with Crippen molar-refractivity contribution in [2.24, 2.45) is 59.2 Å². The van der Waals surface area contributed by atoms with Crippen LogP contribution >= 0.6 is 11.6 Å². The molecule has 3 heterocycles. The molecule has 22 unspecified atom stereocenters. The summed E-state index contributed by atoms with van der Waals surface area (Å²) in [5.74, 6) is -8.99. The molecule has 776 valence electrons. The van der Waals surface area contributed by atoms with Crippen LogP contribution in [0.25, 0.3) is 0 Å². The van der Waals surface area contributed by atoms with Crippen LogP contribution in [-0.2, 0) is 86.0 Å². The number of carboxylic acids is 2. The number of aliphatic hydroxyl groups excluding tert-OH is 4. The number of fused-ring (bicyclic) bond motifs is 2. The Morgan fingerprint density at radius 1 is 0.538 bits per heavy atom. The monoisotopic (exact) mass is 2040 g/mol. The van der Waals surface area contributed by atoms with Crippen molar-refractivity contribution in [3.8, 4) is 24.3 Å². The largest absolute Gasteiger partial charge is 1.00 e. The summed E-state index contributed by atoms with van der Waals surface area (Å²) in [5.41, 5.74) is 5.52. The van der Waals surface area contributed by atoms with Crippen molar-refractivity contribution in [2.45, 2.75) is 270 Å². The summed E-state index contributed by atoms with van der Waals surface area (Å²) in [6.07, 6.45) is 17.5. The third-order valence-corrected chi connectivity index (χ3v) is 27.1. The number of benzene rings is 6. The number of ether oxygens (including phenoxy) is 8. The van der Waals surface area contributed by atoms with Crippen molar-refractivity contribution in [1.29, 1.82) is 0 Å². The molecule has 145 heavy (non-hydrogen) atoms. The molecule has 4 aliphatic carbocycles. The first-order valence-corrected chi connectivity index (χ1v) is 49.6. The van der Waals surface area contributed by atoms with E-state index >= 15 is 0 Å². The average Bonchev–Trinajstić information content (AvgIpc) is 0.740. The molecule has 0 spiro atoms. The van der Waals surface area contributed by atoms with E-state index in [2.05, 4.69) is 44.0 Å². The standard InChI is InChI=1S/C54H61F2NO12.C31H29F2NO7.C23H36O7.C2H2.CH3Cl.Na/c1-5-31(2)54(64)69-47-30-43(27-36-10-9-32(3)44(51(36)47)24-23-42-28-40(59)29-50(62)67-42)68-49(61)8-6-7-48(60)66-41-21-13-35(14-22-41)52-45(53(63)57(52)39-19-17-38(56)18-20-39)25-26-46(65-33(4)58)34-11-15-37(55)16-12-34;1-19(35)40-27(20-5-9-22(32)10-6-20)18-17-26-30(34(31(26)39)24-13-11-23(33)12-14-24)21-7-15-25(16-8-21)41-29(38)4-2-3-28(36)37;1-4-13(2)23(29)30-20-11-17(25)9-15-6-5-14(3)19(22(15)20)8-7-16(24)10-18(26)12-21(27)28;2*1-2;/h9-22,27,31-32,40,42-47,51-52,59H,5-8,23-26,28-30H2,1-4H3;5-16,26-27,30H,2-4,17-18H2,1H3,(H,36,37);5-6,9,13-14,16-20,22,24-26H,4,7-8,10-12H2,1-3H3,(H,27,28);1-2H;1H3;/q;;;;;+1/p-1/i;;;1D;;. The summed E-state index contributed by atoms with van der Waals surface area (Å²) in [5, 5.41) is 59.7. The zero-order valence-electron chi connectivity index (χ0n) is 84.2. The molecule has 28 nitrogen and oxygen atoms in total. The van der Waals surface area contributed by atoms with Gasteiger partial charge in [-0.3, -0.25) is 52.7 Å². The molecule has 3 aliphatic heterocycles. The Morgan fingerprint density at radius 3 is 1.36 bits per heavy atom. The minimum atomic E-state index is -1.35. The summed E-state index contributed by atoms with van der Waals surface area (Å²) >= 11 is 4.64. The van der Waals surface area contributed by atoms with E-state index < -0.39 is 162 Å². The van der Waals surface area contributed by atoms with E-state index in [-0.39, 0.29) is 176 Å². The number of β-lactam (4-membered cyclic amide) rings is 2. The first-order chi connectivity index (χ1) is 69.2. The second-order valence-corrected chi connectivity index (χ2v) is 37.4. The Bertz CT molecular complexity index is 5540. The Morgan fingerprint density at radius 2 is 0.945 bits per heavy atom. The Kier molecular flexibility index (Phi) is 46.8. The Hall–Kier alpha value is -11.7. The summed E-state index contributed by atoms with van der Waals surface area (Å²) in [6.45, 7) is 14.2. The second kappa shape index (κ2) is 58.0. The second-order valence-electron chi connectivity index (χ2n) is 37.4. The Balaban J connectivity index is 0.000000286.